The second-order valence-corrected chi connectivity index (χ2v) is 6.04. The van der Waals surface area contributed by atoms with Crippen molar-refractivity contribution in [3.63, 3.8) is 0 Å². The van der Waals surface area contributed by atoms with Crippen molar-refractivity contribution in [1.29, 1.82) is 0 Å². The Morgan fingerprint density at radius 3 is 2.45 bits per heavy atom. The lowest BCUT2D eigenvalue weighted by molar-refractivity contribution is -0.141. The first-order valence-corrected chi connectivity index (χ1v) is 7.23. The van der Waals surface area contributed by atoms with Crippen LogP contribution < -0.4 is 5.32 Å². The summed E-state index contributed by atoms with van der Waals surface area (Å²) in [6.45, 7) is 4.49. The van der Waals surface area contributed by atoms with E-state index in [2.05, 4.69) is 20.6 Å². The molecular weight excluding hydrogens is 343 g/mol. The molecule has 2 aromatic rings. The maximum Gasteiger partial charge on any atom is 0.436 e. The van der Waals surface area contributed by atoms with Crippen LogP contribution in [0.1, 0.15) is 29.4 Å². The van der Waals surface area contributed by atoms with Gasteiger partial charge < -0.3 is 0 Å². The summed E-state index contributed by atoms with van der Waals surface area (Å²) in [5.41, 5.74) is -1.15. The van der Waals surface area contributed by atoms with Gasteiger partial charge in [-0.1, -0.05) is 22.9 Å². The van der Waals surface area contributed by atoms with Crippen molar-refractivity contribution in [2.75, 3.05) is 5.32 Å². The van der Waals surface area contributed by atoms with E-state index in [1.807, 2.05) is 0 Å². The van der Waals surface area contributed by atoms with Crippen LogP contribution in [0.2, 0.25) is 5.02 Å². The number of carbonyl (C=O) groups excluding carboxylic acids is 1. The third-order valence-corrected chi connectivity index (χ3v) is 4.05. The average molecular weight is 354 g/mol. The first-order valence-electron chi connectivity index (χ1n) is 6.04. The SMILES string of the molecule is Cc1nnc(NC(=O)[C@@H](C)n2nc(C(F)(F)F)c(Cl)c2C)s1. The second kappa shape index (κ2) is 5.84. The Balaban J connectivity index is 2.25. The predicted octanol–water partition coefficient (Wildman–Crippen LogP) is 3.22. The van der Waals surface area contributed by atoms with Crippen molar-refractivity contribution >= 4 is 34.0 Å². The summed E-state index contributed by atoms with van der Waals surface area (Å²) in [5.74, 6) is -0.563. The van der Waals surface area contributed by atoms with Gasteiger partial charge in [-0.25, -0.2) is 0 Å². The highest BCUT2D eigenvalue weighted by atomic mass is 35.5. The summed E-state index contributed by atoms with van der Waals surface area (Å²) in [4.78, 5) is 12.1. The zero-order valence-corrected chi connectivity index (χ0v) is 13.3. The number of alkyl halides is 3. The third kappa shape index (κ3) is 3.22. The fraction of sp³-hybridized carbons (Fsp3) is 0.455. The van der Waals surface area contributed by atoms with Crippen LogP contribution in [0.15, 0.2) is 0 Å². The Kier molecular flexibility index (Phi) is 4.43. The van der Waals surface area contributed by atoms with E-state index in [1.165, 1.54) is 13.8 Å². The number of rotatable bonds is 3. The standard InChI is InChI=1S/C11H11ClF3N5OS/c1-4-7(12)8(11(13,14)15)19-20(4)5(2)9(21)16-10-18-17-6(3)22-10/h5H,1-3H3,(H,16,18,21)/t5-/m1/s1. The topological polar surface area (TPSA) is 72.7 Å². The van der Waals surface area contributed by atoms with Gasteiger partial charge in [-0.15, -0.1) is 10.2 Å². The first-order chi connectivity index (χ1) is 10.1. The number of amides is 1. The number of hydrogen-bond donors (Lipinski definition) is 1. The number of anilines is 1. The van der Waals surface area contributed by atoms with Crippen molar-refractivity contribution in [3.05, 3.63) is 21.4 Å². The van der Waals surface area contributed by atoms with Crippen LogP contribution in [-0.4, -0.2) is 25.9 Å². The van der Waals surface area contributed by atoms with Crippen molar-refractivity contribution in [2.45, 2.75) is 33.0 Å². The lowest BCUT2D eigenvalue weighted by Gasteiger charge is -2.13. The van der Waals surface area contributed by atoms with Crippen molar-refractivity contribution in [1.82, 2.24) is 20.0 Å². The summed E-state index contributed by atoms with van der Waals surface area (Å²) in [6, 6.07) is -0.988. The summed E-state index contributed by atoms with van der Waals surface area (Å²) in [5, 5.41) is 13.7. The maximum atomic E-state index is 12.8. The Labute approximate surface area is 132 Å². The fourth-order valence-electron chi connectivity index (χ4n) is 1.72. The highest BCUT2D eigenvalue weighted by Gasteiger charge is 2.39. The Morgan fingerprint density at radius 2 is 2.00 bits per heavy atom. The zero-order chi connectivity index (χ0) is 16.7. The summed E-state index contributed by atoms with van der Waals surface area (Å²) >= 11 is 6.81. The zero-order valence-electron chi connectivity index (χ0n) is 11.7. The van der Waals surface area contributed by atoms with Gasteiger partial charge in [-0.05, 0) is 20.8 Å². The molecule has 22 heavy (non-hydrogen) atoms. The van der Waals surface area contributed by atoms with Gasteiger partial charge in [0.05, 0.1) is 10.7 Å². The van der Waals surface area contributed by atoms with Gasteiger partial charge in [-0.3, -0.25) is 14.8 Å². The number of halogens is 4. The minimum atomic E-state index is -4.68. The van der Waals surface area contributed by atoms with Crippen LogP contribution >= 0.6 is 22.9 Å². The molecule has 0 radical (unpaired) electrons. The molecule has 1 amide bonds. The van der Waals surface area contributed by atoms with Gasteiger partial charge in [0.1, 0.15) is 11.0 Å². The number of hydrogen-bond acceptors (Lipinski definition) is 5. The van der Waals surface area contributed by atoms with Crippen LogP contribution in [0.3, 0.4) is 0 Å². The number of aryl methyl sites for hydroxylation is 1. The average Bonchev–Trinajstić information content (AvgIpc) is 2.93. The maximum absolute atomic E-state index is 12.8. The number of carbonyl (C=O) groups is 1. The highest BCUT2D eigenvalue weighted by Crippen LogP contribution is 2.36. The molecule has 0 aromatic carbocycles. The van der Waals surface area contributed by atoms with Crippen LogP contribution in [0.25, 0.3) is 0 Å². The number of nitrogens with one attached hydrogen (secondary N) is 1. The molecule has 0 aliphatic rings. The lowest BCUT2D eigenvalue weighted by Crippen LogP contribution is -2.25. The van der Waals surface area contributed by atoms with Crippen LogP contribution in [0.4, 0.5) is 18.3 Å². The molecule has 0 bridgehead atoms. The molecule has 6 nitrogen and oxygen atoms in total. The highest BCUT2D eigenvalue weighted by molar-refractivity contribution is 7.15. The first kappa shape index (κ1) is 16.7. The van der Waals surface area contributed by atoms with Crippen LogP contribution in [0.5, 0.6) is 0 Å². The lowest BCUT2D eigenvalue weighted by atomic mass is 10.3. The monoisotopic (exact) mass is 353 g/mol. The molecule has 0 saturated heterocycles. The van der Waals surface area contributed by atoms with Gasteiger partial charge in [0.2, 0.25) is 5.13 Å². The Morgan fingerprint density at radius 1 is 1.36 bits per heavy atom. The quantitative estimate of drug-likeness (QED) is 0.919. The van der Waals surface area contributed by atoms with Gasteiger partial charge in [0, 0.05) is 0 Å². The molecule has 1 N–H and O–H groups in total. The molecular formula is C11H11ClF3N5OS. The molecule has 0 spiro atoms. The Hall–Kier alpha value is -1.68. The normalized spacial score (nSPS) is 13.2. The smallest absolute Gasteiger partial charge is 0.299 e. The molecule has 120 valence electrons. The molecule has 11 heteroatoms. The molecule has 0 fully saturated rings. The van der Waals surface area contributed by atoms with Crippen LogP contribution in [0, 0.1) is 13.8 Å². The summed E-state index contributed by atoms with van der Waals surface area (Å²) in [6.07, 6.45) is -4.68. The summed E-state index contributed by atoms with van der Waals surface area (Å²) in [7, 11) is 0. The van der Waals surface area contributed by atoms with Gasteiger partial charge in [-0.2, -0.15) is 18.3 Å². The molecule has 0 unspecified atom stereocenters. The molecule has 0 aliphatic heterocycles. The van der Waals surface area contributed by atoms with E-state index in [0.29, 0.717) is 5.01 Å². The Bertz CT molecular complexity index is 711. The fourth-order valence-corrected chi connectivity index (χ4v) is 2.55. The molecule has 0 saturated carbocycles. The second-order valence-electron chi connectivity index (χ2n) is 4.48. The van der Waals surface area contributed by atoms with E-state index in [-0.39, 0.29) is 10.8 Å². The summed E-state index contributed by atoms with van der Waals surface area (Å²) < 4.78 is 39.3. The van der Waals surface area contributed by atoms with Gasteiger partial charge >= 0.3 is 6.18 Å². The molecule has 0 aliphatic carbocycles. The van der Waals surface area contributed by atoms with Crippen LogP contribution in [-0.2, 0) is 11.0 Å². The van der Waals surface area contributed by atoms with Gasteiger partial charge in [0.25, 0.3) is 5.91 Å². The van der Waals surface area contributed by atoms with E-state index in [1.54, 1.807) is 6.92 Å². The molecule has 2 heterocycles. The third-order valence-electron chi connectivity index (χ3n) is 2.85. The van der Waals surface area contributed by atoms with E-state index in [0.717, 1.165) is 16.0 Å². The number of aromatic nitrogens is 4. The minimum absolute atomic E-state index is 0.0603. The number of nitrogens with zero attached hydrogens (tertiary/aromatic N) is 4. The van der Waals surface area contributed by atoms with E-state index in [4.69, 9.17) is 11.6 Å². The largest absolute Gasteiger partial charge is 0.436 e. The van der Waals surface area contributed by atoms with Crippen molar-refractivity contribution < 1.29 is 18.0 Å². The van der Waals surface area contributed by atoms with Crippen molar-refractivity contribution in [2.24, 2.45) is 0 Å². The van der Waals surface area contributed by atoms with E-state index < -0.39 is 28.8 Å². The van der Waals surface area contributed by atoms with Crippen molar-refractivity contribution in [3.8, 4) is 0 Å². The van der Waals surface area contributed by atoms with E-state index in [9.17, 15) is 18.0 Å². The predicted molar refractivity (Wildman–Crippen MR) is 75.0 cm³/mol. The van der Waals surface area contributed by atoms with Gasteiger partial charge in [0.15, 0.2) is 5.69 Å². The molecule has 2 aromatic heterocycles. The molecule has 2 rings (SSSR count). The minimum Gasteiger partial charge on any atom is -0.299 e. The molecule has 1 atom stereocenters. The van der Waals surface area contributed by atoms with E-state index >= 15 is 0 Å².